The molecule has 3 rings (SSSR count). The number of carbonyl (C=O) groups excluding carboxylic acids is 1. The van der Waals surface area contributed by atoms with Gasteiger partial charge in [-0.1, -0.05) is 38.6 Å². The molecule has 0 radical (unpaired) electrons. The van der Waals surface area contributed by atoms with Crippen molar-refractivity contribution in [3.8, 4) is 11.5 Å². The van der Waals surface area contributed by atoms with Crippen molar-refractivity contribution in [2.75, 3.05) is 37.9 Å². The van der Waals surface area contributed by atoms with Gasteiger partial charge in [-0.2, -0.15) is 5.10 Å². The van der Waals surface area contributed by atoms with Crippen molar-refractivity contribution in [1.82, 2.24) is 25.1 Å². The van der Waals surface area contributed by atoms with E-state index >= 15 is 0 Å². The van der Waals surface area contributed by atoms with Crippen LogP contribution >= 0.6 is 11.8 Å². The summed E-state index contributed by atoms with van der Waals surface area (Å²) < 4.78 is 12.5. The third kappa shape index (κ3) is 6.49. The Bertz CT molecular complexity index is 1040. The molecule has 0 spiro atoms. The Morgan fingerprint density at radius 3 is 2.81 bits per heavy atom. The number of methoxy groups -OCH3 is 1. The molecule has 0 bridgehead atoms. The fourth-order valence-corrected chi connectivity index (χ4v) is 3.49. The number of rotatable bonds is 12. The Kier molecular flexibility index (Phi) is 8.55. The van der Waals surface area contributed by atoms with Crippen molar-refractivity contribution in [2.45, 2.75) is 32.5 Å². The molecule has 2 aromatic heterocycles. The number of nitrogens with zero attached hydrogens (tertiary/aromatic N) is 4. The van der Waals surface area contributed by atoms with Crippen LogP contribution in [-0.2, 0) is 11.3 Å². The Labute approximate surface area is 192 Å². The number of anilines is 1. The van der Waals surface area contributed by atoms with E-state index in [1.54, 1.807) is 41.9 Å². The number of hydrogen-bond donors (Lipinski definition) is 2. The first kappa shape index (κ1) is 23.6. The lowest BCUT2D eigenvalue weighted by atomic mass is 10.2. The number of hydrogen-bond acceptors (Lipinski definition) is 8. The van der Waals surface area contributed by atoms with Gasteiger partial charge in [-0.15, -0.1) is 0 Å². The van der Waals surface area contributed by atoms with Crippen molar-refractivity contribution in [3.63, 3.8) is 0 Å². The van der Waals surface area contributed by atoms with Crippen LogP contribution in [0.3, 0.4) is 0 Å². The number of aromatic nitrogens is 4. The smallest absolute Gasteiger partial charge is 0.258 e. The largest absolute Gasteiger partial charge is 0.497 e. The zero-order valence-corrected chi connectivity index (χ0v) is 19.7. The molecule has 2 heterocycles. The van der Waals surface area contributed by atoms with Crippen LogP contribution in [0.15, 0.2) is 35.6 Å². The molecule has 3 aromatic rings. The average Bonchev–Trinajstić information content (AvgIpc) is 3.19. The Hall–Kier alpha value is -3.01. The zero-order valence-electron chi connectivity index (χ0n) is 18.9. The van der Waals surface area contributed by atoms with E-state index in [-0.39, 0.29) is 12.5 Å². The van der Waals surface area contributed by atoms with Crippen molar-refractivity contribution in [2.24, 2.45) is 5.92 Å². The highest BCUT2D eigenvalue weighted by Gasteiger charge is 2.14. The van der Waals surface area contributed by atoms with Crippen LogP contribution in [-0.4, -0.2) is 58.2 Å². The predicted octanol–water partition coefficient (Wildman–Crippen LogP) is 3.21. The number of ether oxygens (including phenoxy) is 2. The van der Waals surface area contributed by atoms with Gasteiger partial charge < -0.3 is 20.1 Å². The fourth-order valence-electron chi connectivity index (χ4n) is 2.92. The van der Waals surface area contributed by atoms with Crippen LogP contribution in [0.5, 0.6) is 11.5 Å². The van der Waals surface area contributed by atoms with E-state index in [1.807, 2.05) is 12.1 Å². The monoisotopic (exact) mass is 458 g/mol. The van der Waals surface area contributed by atoms with Crippen LogP contribution in [0, 0.1) is 5.92 Å². The first-order valence-corrected chi connectivity index (χ1v) is 11.6. The van der Waals surface area contributed by atoms with E-state index in [0.29, 0.717) is 35.7 Å². The SMILES string of the molecule is CCSc1nc(NCC(C)C)c2cnn(CCNC(=O)COc3cccc(OC)c3)c2n1. The highest BCUT2D eigenvalue weighted by molar-refractivity contribution is 7.99. The van der Waals surface area contributed by atoms with E-state index in [0.717, 1.165) is 29.1 Å². The third-order valence-electron chi connectivity index (χ3n) is 4.48. The first-order valence-electron chi connectivity index (χ1n) is 10.6. The summed E-state index contributed by atoms with van der Waals surface area (Å²) >= 11 is 1.59. The molecule has 9 nitrogen and oxygen atoms in total. The summed E-state index contributed by atoms with van der Waals surface area (Å²) in [6, 6.07) is 7.15. The predicted molar refractivity (Wildman–Crippen MR) is 127 cm³/mol. The van der Waals surface area contributed by atoms with Gasteiger partial charge in [0, 0.05) is 19.2 Å². The lowest BCUT2D eigenvalue weighted by Crippen LogP contribution is -2.31. The second kappa shape index (κ2) is 11.6. The van der Waals surface area contributed by atoms with Crippen LogP contribution in [0.25, 0.3) is 11.0 Å². The van der Waals surface area contributed by atoms with E-state index < -0.39 is 0 Å². The average molecular weight is 459 g/mol. The Morgan fingerprint density at radius 2 is 2.06 bits per heavy atom. The lowest BCUT2D eigenvalue weighted by Gasteiger charge is -2.11. The number of amides is 1. The number of carbonyl (C=O) groups is 1. The summed E-state index contributed by atoms with van der Waals surface area (Å²) in [5, 5.41) is 12.3. The summed E-state index contributed by atoms with van der Waals surface area (Å²) in [6.45, 7) is 8.01. The lowest BCUT2D eigenvalue weighted by molar-refractivity contribution is -0.123. The zero-order chi connectivity index (χ0) is 22.9. The summed E-state index contributed by atoms with van der Waals surface area (Å²) in [7, 11) is 1.59. The van der Waals surface area contributed by atoms with E-state index in [9.17, 15) is 4.79 Å². The van der Waals surface area contributed by atoms with Crippen molar-refractivity contribution < 1.29 is 14.3 Å². The molecule has 172 valence electrons. The van der Waals surface area contributed by atoms with E-state index in [1.165, 1.54) is 0 Å². The quantitative estimate of drug-likeness (QED) is 0.315. The molecule has 0 aliphatic rings. The maximum absolute atomic E-state index is 12.2. The van der Waals surface area contributed by atoms with E-state index in [2.05, 4.69) is 46.5 Å². The normalized spacial score (nSPS) is 11.0. The van der Waals surface area contributed by atoms with Crippen LogP contribution in [0.4, 0.5) is 5.82 Å². The molecule has 2 N–H and O–H groups in total. The molecule has 0 saturated carbocycles. The Balaban J connectivity index is 1.59. The number of fused-ring (bicyclic) bond motifs is 1. The van der Waals surface area contributed by atoms with Gasteiger partial charge in [0.25, 0.3) is 5.91 Å². The first-order chi connectivity index (χ1) is 15.5. The fraction of sp³-hybridized carbons (Fsp3) is 0.455. The highest BCUT2D eigenvalue weighted by Crippen LogP contribution is 2.24. The third-order valence-corrected chi connectivity index (χ3v) is 5.21. The van der Waals surface area contributed by atoms with Crippen molar-refractivity contribution in [3.05, 3.63) is 30.5 Å². The van der Waals surface area contributed by atoms with Gasteiger partial charge in [0.1, 0.15) is 17.3 Å². The molecular weight excluding hydrogens is 428 g/mol. The molecular formula is C22H30N6O3S. The van der Waals surface area contributed by atoms with Crippen molar-refractivity contribution in [1.29, 1.82) is 0 Å². The van der Waals surface area contributed by atoms with E-state index in [4.69, 9.17) is 9.47 Å². The van der Waals surface area contributed by atoms with Gasteiger partial charge in [-0.05, 0) is 23.8 Å². The molecule has 1 aromatic carbocycles. The number of nitrogens with one attached hydrogen (secondary N) is 2. The molecule has 0 atom stereocenters. The number of benzene rings is 1. The number of thioether (sulfide) groups is 1. The van der Waals surface area contributed by atoms with Crippen molar-refractivity contribution >= 4 is 34.5 Å². The summed E-state index contributed by atoms with van der Waals surface area (Å²) in [4.78, 5) is 21.5. The standard InChI is InChI=1S/C22H30N6O3S/c1-5-32-22-26-20(24-12-15(2)3)18-13-25-28(21(18)27-22)10-9-23-19(29)14-31-17-8-6-7-16(11-17)30-4/h6-8,11,13,15H,5,9-10,12,14H2,1-4H3,(H,23,29)(H,24,26,27). The second-order valence-electron chi connectivity index (χ2n) is 7.49. The van der Waals surface area contributed by atoms with Crippen LogP contribution in [0.2, 0.25) is 0 Å². The summed E-state index contributed by atoms with van der Waals surface area (Å²) in [5.41, 5.74) is 0.754. The topological polar surface area (TPSA) is 103 Å². The van der Waals surface area contributed by atoms with Gasteiger partial charge in [-0.25, -0.2) is 14.6 Å². The molecule has 1 amide bonds. The summed E-state index contributed by atoms with van der Waals surface area (Å²) in [6.07, 6.45) is 1.77. The molecule has 0 unspecified atom stereocenters. The minimum Gasteiger partial charge on any atom is -0.497 e. The molecule has 0 aliphatic heterocycles. The molecule has 0 fully saturated rings. The van der Waals surface area contributed by atoms with Gasteiger partial charge in [0.15, 0.2) is 17.4 Å². The van der Waals surface area contributed by atoms with Gasteiger partial charge in [0.2, 0.25) is 0 Å². The molecule has 0 saturated heterocycles. The minimum absolute atomic E-state index is 0.0737. The van der Waals surface area contributed by atoms with Crippen LogP contribution in [0.1, 0.15) is 20.8 Å². The Morgan fingerprint density at radius 1 is 1.25 bits per heavy atom. The summed E-state index contributed by atoms with van der Waals surface area (Å²) in [5.74, 6) is 3.22. The second-order valence-corrected chi connectivity index (χ2v) is 8.72. The molecule has 32 heavy (non-hydrogen) atoms. The van der Waals surface area contributed by atoms with Gasteiger partial charge in [-0.3, -0.25) is 4.79 Å². The minimum atomic E-state index is -0.208. The maximum atomic E-state index is 12.2. The molecule has 0 aliphatic carbocycles. The highest BCUT2D eigenvalue weighted by atomic mass is 32.2. The van der Waals surface area contributed by atoms with Crippen LogP contribution < -0.4 is 20.1 Å². The van der Waals surface area contributed by atoms with Gasteiger partial charge in [0.05, 0.1) is 25.2 Å². The molecule has 10 heteroatoms. The maximum Gasteiger partial charge on any atom is 0.258 e. The van der Waals surface area contributed by atoms with Gasteiger partial charge >= 0.3 is 0 Å².